The minimum atomic E-state index is -0.621. The standard InChI is InChI=1S/C19H22N4O3.2ClH/c20-13-19(7-10-26-11-8-19)18(25)22-15-5-3-4-14(12-15)17(24)23-16-6-1-2-9-21-16;;/h1-6,9,12H,7-8,10-11,13,20H2,(H,22,25)(H,21,23,24);2*1H. The van der Waals surface area contributed by atoms with Crippen molar-refractivity contribution >= 4 is 48.1 Å². The van der Waals surface area contributed by atoms with E-state index < -0.39 is 5.41 Å². The summed E-state index contributed by atoms with van der Waals surface area (Å²) < 4.78 is 5.34. The Morgan fingerprint density at radius 2 is 1.82 bits per heavy atom. The van der Waals surface area contributed by atoms with E-state index in [2.05, 4.69) is 15.6 Å². The smallest absolute Gasteiger partial charge is 0.256 e. The minimum Gasteiger partial charge on any atom is -0.381 e. The van der Waals surface area contributed by atoms with Crippen LogP contribution in [0.2, 0.25) is 0 Å². The number of benzene rings is 1. The zero-order valence-corrected chi connectivity index (χ0v) is 16.9. The van der Waals surface area contributed by atoms with Crippen molar-refractivity contribution in [3.05, 3.63) is 54.2 Å². The Balaban J connectivity index is 0.00000196. The van der Waals surface area contributed by atoms with Crippen molar-refractivity contribution in [3.8, 4) is 0 Å². The van der Waals surface area contributed by atoms with Crippen LogP contribution in [0.15, 0.2) is 48.7 Å². The maximum absolute atomic E-state index is 12.7. The summed E-state index contributed by atoms with van der Waals surface area (Å²) in [4.78, 5) is 29.2. The van der Waals surface area contributed by atoms with E-state index in [0.29, 0.717) is 43.1 Å². The molecule has 1 aliphatic heterocycles. The number of nitrogens with two attached hydrogens (primary N) is 1. The zero-order chi connectivity index (χ0) is 18.4. The number of amides is 2. The molecule has 9 heteroatoms. The molecule has 3 rings (SSSR count). The number of nitrogens with one attached hydrogen (secondary N) is 2. The molecule has 4 N–H and O–H groups in total. The molecule has 0 spiro atoms. The quantitative estimate of drug-likeness (QED) is 0.681. The first-order valence-corrected chi connectivity index (χ1v) is 8.55. The molecule has 7 nitrogen and oxygen atoms in total. The van der Waals surface area contributed by atoms with Gasteiger partial charge in [-0.2, -0.15) is 0 Å². The molecule has 152 valence electrons. The number of aromatic nitrogens is 1. The molecule has 2 aromatic rings. The van der Waals surface area contributed by atoms with Gasteiger partial charge < -0.3 is 21.1 Å². The average molecular weight is 427 g/mol. The Kier molecular flexibility index (Phi) is 9.34. The highest BCUT2D eigenvalue weighted by Crippen LogP contribution is 2.31. The van der Waals surface area contributed by atoms with E-state index in [0.717, 1.165) is 0 Å². The fourth-order valence-corrected chi connectivity index (χ4v) is 2.91. The Labute approximate surface area is 176 Å². The highest BCUT2D eigenvalue weighted by molar-refractivity contribution is 6.05. The largest absolute Gasteiger partial charge is 0.381 e. The molecule has 0 atom stereocenters. The van der Waals surface area contributed by atoms with Crippen LogP contribution >= 0.6 is 24.8 Å². The van der Waals surface area contributed by atoms with E-state index in [1.54, 1.807) is 48.7 Å². The van der Waals surface area contributed by atoms with Crippen molar-refractivity contribution in [2.45, 2.75) is 12.8 Å². The van der Waals surface area contributed by atoms with Gasteiger partial charge in [-0.15, -0.1) is 24.8 Å². The van der Waals surface area contributed by atoms with Crippen molar-refractivity contribution < 1.29 is 14.3 Å². The summed E-state index contributed by atoms with van der Waals surface area (Å²) in [5.41, 5.74) is 6.24. The summed E-state index contributed by atoms with van der Waals surface area (Å²) in [5, 5.41) is 5.61. The fourth-order valence-electron chi connectivity index (χ4n) is 2.91. The van der Waals surface area contributed by atoms with Crippen LogP contribution in [0.25, 0.3) is 0 Å². The third-order valence-corrected chi connectivity index (χ3v) is 4.61. The first-order chi connectivity index (χ1) is 12.6. The molecule has 0 radical (unpaired) electrons. The molecule has 0 unspecified atom stereocenters. The lowest BCUT2D eigenvalue weighted by atomic mass is 9.79. The van der Waals surface area contributed by atoms with Gasteiger partial charge >= 0.3 is 0 Å². The van der Waals surface area contributed by atoms with Crippen LogP contribution in [-0.2, 0) is 9.53 Å². The lowest BCUT2D eigenvalue weighted by Crippen LogP contribution is -2.46. The number of hydrogen-bond donors (Lipinski definition) is 3. The summed E-state index contributed by atoms with van der Waals surface area (Å²) in [6.07, 6.45) is 2.79. The van der Waals surface area contributed by atoms with Gasteiger partial charge in [-0.1, -0.05) is 12.1 Å². The normalized spacial score (nSPS) is 14.8. The van der Waals surface area contributed by atoms with Crippen molar-refractivity contribution in [2.75, 3.05) is 30.4 Å². The predicted molar refractivity (Wildman–Crippen MR) is 113 cm³/mol. The zero-order valence-electron chi connectivity index (χ0n) is 15.2. The van der Waals surface area contributed by atoms with Gasteiger partial charge in [-0.05, 0) is 43.2 Å². The molecule has 1 fully saturated rings. The SMILES string of the molecule is Cl.Cl.NCC1(C(=O)Nc2cccc(C(=O)Nc3ccccn3)c2)CCOCC1. The van der Waals surface area contributed by atoms with Gasteiger partial charge in [0.25, 0.3) is 5.91 Å². The van der Waals surface area contributed by atoms with Gasteiger partial charge in [0.2, 0.25) is 5.91 Å². The maximum atomic E-state index is 12.7. The van der Waals surface area contributed by atoms with Crippen LogP contribution in [0.3, 0.4) is 0 Å². The first kappa shape index (κ1) is 23.8. The van der Waals surface area contributed by atoms with Crippen molar-refractivity contribution in [1.29, 1.82) is 0 Å². The number of hydrogen-bond acceptors (Lipinski definition) is 5. The monoisotopic (exact) mass is 426 g/mol. The molecule has 1 aromatic carbocycles. The molecule has 0 saturated carbocycles. The Morgan fingerprint density at radius 3 is 2.46 bits per heavy atom. The number of carbonyl (C=O) groups is 2. The number of ether oxygens (including phenoxy) is 1. The number of anilines is 2. The summed E-state index contributed by atoms with van der Waals surface area (Å²) >= 11 is 0. The van der Waals surface area contributed by atoms with Crippen LogP contribution in [0, 0.1) is 5.41 Å². The Bertz CT molecular complexity index is 784. The summed E-state index contributed by atoms with van der Waals surface area (Å²) in [5.74, 6) is 0.0428. The lowest BCUT2D eigenvalue weighted by Gasteiger charge is -2.34. The second-order valence-electron chi connectivity index (χ2n) is 6.30. The van der Waals surface area contributed by atoms with E-state index in [4.69, 9.17) is 10.5 Å². The molecule has 1 aromatic heterocycles. The topological polar surface area (TPSA) is 106 Å². The molecule has 2 amide bonds. The number of halogens is 2. The third kappa shape index (κ3) is 5.65. The second-order valence-corrected chi connectivity index (χ2v) is 6.30. The molecular weight excluding hydrogens is 403 g/mol. The molecule has 0 aliphatic carbocycles. The van der Waals surface area contributed by atoms with Gasteiger partial charge in [0, 0.05) is 37.2 Å². The Morgan fingerprint density at radius 1 is 1.07 bits per heavy atom. The molecule has 1 saturated heterocycles. The highest BCUT2D eigenvalue weighted by atomic mass is 35.5. The summed E-state index contributed by atoms with van der Waals surface area (Å²) in [6, 6.07) is 12.1. The average Bonchev–Trinajstić information content (AvgIpc) is 2.69. The van der Waals surface area contributed by atoms with E-state index in [1.807, 2.05) is 0 Å². The predicted octanol–water partition coefficient (Wildman–Crippen LogP) is 2.87. The fraction of sp³-hybridized carbons (Fsp3) is 0.316. The summed E-state index contributed by atoms with van der Waals surface area (Å²) in [7, 11) is 0. The van der Waals surface area contributed by atoms with Crippen molar-refractivity contribution in [2.24, 2.45) is 11.1 Å². The van der Waals surface area contributed by atoms with Crippen LogP contribution in [0.5, 0.6) is 0 Å². The molecule has 1 aliphatic rings. The molecule has 0 bridgehead atoms. The van der Waals surface area contributed by atoms with Gasteiger partial charge in [0.05, 0.1) is 5.41 Å². The number of rotatable bonds is 5. The molecule has 2 heterocycles. The van der Waals surface area contributed by atoms with Crippen molar-refractivity contribution in [3.63, 3.8) is 0 Å². The molecule has 28 heavy (non-hydrogen) atoms. The molecular formula is C19H24Cl2N4O3. The van der Waals surface area contributed by atoms with Gasteiger partial charge in [0.1, 0.15) is 5.82 Å². The number of carbonyl (C=O) groups excluding carboxylic acids is 2. The number of pyridine rings is 1. The maximum Gasteiger partial charge on any atom is 0.256 e. The number of nitrogens with zero attached hydrogens (tertiary/aromatic N) is 1. The Hall–Kier alpha value is -2.19. The van der Waals surface area contributed by atoms with E-state index in [-0.39, 0.29) is 43.2 Å². The van der Waals surface area contributed by atoms with Gasteiger partial charge in [-0.25, -0.2) is 4.98 Å². The second kappa shape index (κ2) is 11.0. The first-order valence-electron chi connectivity index (χ1n) is 8.55. The van der Waals surface area contributed by atoms with Crippen LogP contribution in [0.4, 0.5) is 11.5 Å². The van der Waals surface area contributed by atoms with E-state index in [1.165, 1.54) is 0 Å². The van der Waals surface area contributed by atoms with Crippen LogP contribution in [0.1, 0.15) is 23.2 Å². The van der Waals surface area contributed by atoms with Crippen molar-refractivity contribution in [1.82, 2.24) is 4.98 Å². The van der Waals surface area contributed by atoms with Gasteiger partial charge in [-0.3, -0.25) is 9.59 Å². The van der Waals surface area contributed by atoms with Gasteiger partial charge in [0.15, 0.2) is 0 Å². The van der Waals surface area contributed by atoms with Crippen LogP contribution in [-0.4, -0.2) is 36.6 Å². The lowest BCUT2D eigenvalue weighted by molar-refractivity contribution is -0.130. The van der Waals surface area contributed by atoms with E-state index >= 15 is 0 Å². The third-order valence-electron chi connectivity index (χ3n) is 4.61. The van der Waals surface area contributed by atoms with E-state index in [9.17, 15) is 9.59 Å². The minimum absolute atomic E-state index is 0. The highest BCUT2D eigenvalue weighted by Gasteiger charge is 2.38. The van der Waals surface area contributed by atoms with Crippen LogP contribution < -0.4 is 16.4 Å². The summed E-state index contributed by atoms with van der Waals surface area (Å²) in [6.45, 7) is 1.32.